The summed E-state index contributed by atoms with van der Waals surface area (Å²) in [4.78, 5) is 19.7. The molecule has 5 rings (SSSR count). The van der Waals surface area contributed by atoms with Gasteiger partial charge in [-0.05, 0) is 63.1 Å². The fraction of sp³-hybridized carbons (Fsp3) is 0.406. The number of carbonyl (C=O) groups is 1. The molecule has 1 saturated heterocycles. The number of carboxylic acid groups (broad SMARTS) is 1. The highest BCUT2D eigenvalue weighted by Crippen LogP contribution is 2.39. The number of benzene rings is 2. The first kappa shape index (κ1) is 26.9. The van der Waals surface area contributed by atoms with Crippen LogP contribution in [0.2, 0.25) is 0 Å². The SMILES string of the molecule is Cc1nc2cc(-c3cccc(-c4ccccc4)c3)nn2c(N2CCC(C)(C)CC2)c1C(OC(C)(C)C)C(=O)O. The molecule has 0 radical (unpaired) electrons. The molecule has 1 aliphatic rings. The number of rotatable bonds is 6. The molecule has 1 atom stereocenters. The molecule has 0 amide bonds. The Kier molecular flexibility index (Phi) is 6.97. The summed E-state index contributed by atoms with van der Waals surface area (Å²) >= 11 is 0. The summed E-state index contributed by atoms with van der Waals surface area (Å²) in [5, 5.41) is 15.3. The summed E-state index contributed by atoms with van der Waals surface area (Å²) in [6.07, 6.45) is 0.835. The molecule has 2 aromatic carbocycles. The molecule has 0 spiro atoms. The monoisotopic (exact) mass is 526 g/mol. The third-order valence-corrected chi connectivity index (χ3v) is 7.44. The van der Waals surface area contributed by atoms with E-state index >= 15 is 0 Å². The summed E-state index contributed by atoms with van der Waals surface area (Å²) in [6, 6.07) is 20.6. The number of piperidine rings is 1. The van der Waals surface area contributed by atoms with Crippen molar-refractivity contribution in [3.05, 3.63) is 71.9 Å². The molecule has 4 aromatic rings. The van der Waals surface area contributed by atoms with Crippen molar-refractivity contribution < 1.29 is 14.6 Å². The van der Waals surface area contributed by atoms with Gasteiger partial charge in [-0.3, -0.25) is 0 Å². The molecule has 0 bridgehead atoms. The van der Waals surface area contributed by atoms with E-state index in [0.29, 0.717) is 16.9 Å². The standard InChI is InChI=1S/C32H38N4O3/c1-21-27(28(30(37)38)39-31(2,3)4)29(35-17-15-32(5,6)16-18-35)36-26(33-21)20-25(34-36)24-14-10-13-23(19-24)22-11-8-7-9-12-22/h7-14,19-20,28H,15-18H2,1-6H3,(H,37,38). The number of aryl methyl sites for hydroxylation is 1. The maximum absolute atomic E-state index is 12.6. The lowest BCUT2D eigenvalue weighted by molar-refractivity contribution is -0.160. The molecule has 1 unspecified atom stereocenters. The Hall–Kier alpha value is -3.71. The number of ether oxygens (including phenoxy) is 1. The van der Waals surface area contributed by atoms with Crippen LogP contribution in [0.4, 0.5) is 5.82 Å². The second kappa shape index (κ2) is 10.1. The Labute approximate surface area is 230 Å². The van der Waals surface area contributed by atoms with E-state index in [0.717, 1.165) is 54.1 Å². The van der Waals surface area contributed by atoms with Gasteiger partial charge < -0.3 is 14.7 Å². The molecule has 2 aromatic heterocycles. The van der Waals surface area contributed by atoms with E-state index in [1.54, 1.807) is 0 Å². The van der Waals surface area contributed by atoms with Gasteiger partial charge in [-0.2, -0.15) is 9.61 Å². The fourth-order valence-corrected chi connectivity index (χ4v) is 5.27. The van der Waals surface area contributed by atoms with Crippen LogP contribution >= 0.6 is 0 Å². The number of nitrogens with zero attached hydrogens (tertiary/aromatic N) is 4. The van der Waals surface area contributed by atoms with Crippen LogP contribution in [0.1, 0.15) is 64.8 Å². The summed E-state index contributed by atoms with van der Waals surface area (Å²) in [5.74, 6) is -0.272. The Bertz CT molecular complexity index is 1490. The topological polar surface area (TPSA) is 80.0 Å². The Morgan fingerprint density at radius 2 is 1.62 bits per heavy atom. The van der Waals surface area contributed by atoms with Crippen LogP contribution < -0.4 is 4.90 Å². The van der Waals surface area contributed by atoms with Crippen LogP contribution in [0, 0.1) is 12.3 Å². The van der Waals surface area contributed by atoms with Gasteiger partial charge in [0.05, 0.1) is 16.9 Å². The predicted octanol–water partition coefficient (Wildman–Crippen LogP) is 6.94. The van der Waals surface area contributed by atoms with Gasteiger partial charge in [-0.15, -0.1) is 0 Å². The Morgan fingerprint density at radius 1 is 0.974 bits per heavy atom. The normalized spacial score (nSPS) is 16.4. The first-order valence-corrected chi connectivity index (χ1v) is 13.6. The van der Waals surface area contributed by atoms with E-state index in [1.165, 1.54) is 0 Å². The van der Waals surface area contributed by atoms with E-state index in [4.69, 9.17) is 14.8 Å². The molecule has 0 saturated carbocycles. The van der Waals surface area contributed by atoms with Crippen molar-refractivity contribution in [2.24, 2.45) is 5.41 Å². The van der Waals surface area contributed by atoms with Crippen molar-refractivity contribution in [1.29, 1.82) is 0 Å². The van der Waals surface area contributed by atoms with Gasteiger partial charge in [0.15, 0.2) is 11.8 Å². The molecule has 7 nitrogen and oxygen atoms in total. The molecule has 3 heterocycles. The molecular formula is C32H38N4O3. The lowest BCUT2D eigenvalue weighted by Crippen LogP contribution is -2.40. The first-order valence-electron chi connectivity index (χ1n) is 13.6. The second-order valence-corrected chi connectivity index (χ2v) is 12.3. The second-order valence-electron chi connectivity index (χ2n) is 12.3. The molecule has 1 aliphatic heterocycles. The Morgan fingerprint density at radius 3 is 2.26 bits per heavy atom. The number of aliphatic carboxylic acids is 1. The summed E-state index contributed by atoms with van der Waals surface area (Å²) in [6.45, 7) is 13.7. The van der Waals surface area contributed by atoms with Crippen molar-refractivity contribution in [3.63, 3.8) is 0 Å². The van der Waals surface area contributed by atoms with E-state index in [1.807, 2.05) is 68.6 Å². The summed E-state index contributed by atoms with van der Waals surface area (Å²) in [5.41, 5.74) is 5.50. The maximum atomic E-state index is 12.6. The number of carboxylic acids is 1. The van der Waals surface area contributed by atoms with Crippen LogP contribution in [0.25, 0.3) is 28.0 Å². The van der Waals surface area contributed by atoms with E-state index in [-0.39, 0.29) is 5.41 Å². The highest BCUT2D eigenvalue weighted by atomic mass is 16.5. The lowest BCUT2D eigenvalue weighted by Gasteiger charge is -2.39. The minimum atomic E-state index is -1.17. The molecule has 39 heavy (non-hydrogen) atoms. The average molecular weight is 527 g/mol. The third kappa shape index (κ3) is 5.69. The molecule has 1 fully saturated rings. The zero-order valence-electron chi connectivity index (χ0n) is 23.7. The van der Waals surface area contributed by atoms with E-state index in [2.05, 4.69) is 43.0 Å². The minimum absolute atomic E-state index is 0.235. The van der Waals surface area contributed by atoms with Gasteiger partial charge in [0.1, 0.15) is 5.82 Å². The van der Waals surface area contributed by atoms with E-state index in [9.17, 15) is 9.90 Å². The Balaban J connectivity index is 1.68. The number of aromatic nitrogens is 3. The van der Waals surface area contributed by atoms with Gasteiger partial charge in [-0.1, -0.05) is 62.4 Å². The number of anilines is 1. The molecule has 1 N–H and O–H groups in total. The maximum Gasteiger partial charge on any atom is 0.337 e. The van der Waals surface area contributed by atoms with E-state index < -0.39 is 17.7 Å². The zero-order valence-corrected chi connectivity index (χ0v) is 23.7. The summed E-state index contributed by atoms with van der Waals surface area (Å²) in [7, 11) is 0. The van der Waals surface area contributed by atoms with Gasteiger partial charge in [0.2, 0.25) is 0 Å². The number of hydrogen-bond acceptors (Lipinski definition) is 5. The molecule has 0 aliphatic carbocycles. The molecular weight excluding hydrogens is 488 g/mol. The first-order chi connectivity index (χ1) is 18.4. The number of fused-ring (bicyclic) bond motifs is 1. The van der Waals surface area contributed by atoms with Crippen LogP contribution in [0.5, 0.6) is 0 Å². The van der Waals surface area contributed by atoms with Crippen molar-refractivity contribution in [2.75, 3.05) is 18.0 Å². The average Bonchev–Trinajstić information content (AvgIpc) is 3.30. The van der Waals surface area contributed by atoms with Gasteiger partial charge in [-0.25, -0.2) is 9.78 Å². The molecule has 7 heteroatoms. The highest BCUT2D eigenvalue weighted by molar-refractivity contribution is 5.79. The van der Waals surface area contributed by atoms with Crippen LogP contribution in [-0.2, 0) is 9.53 Å². The van der Waals surface area contributed by atoms with Crippen molar-refractivity contribution in [3.8, 4) is 22.4 Å². The van der Waals surface area contributed by atoms with Crippen LogP contribution in [-0.4, -0.2) is 44.4 Å². The fourth-order valence-electron chi connectivity index (χ4n) is 5.27. The minimum Gasteiger partial charge on any atom is -0.479 e. The number of hydrogen-bond donors (Lipinski definition) is 1. The highest BCUT2D eigenvalue weighted by Gasteiger charge is 2.36. The summed E-state index contributed by atoms with van der Waals surface area (Å²) < 4.78 is 7.96. The zero-order chi connectivity index (χ0) is 27.9. The lowest BCUT2D eigenvalue weighted by atomic mass is 9.82. The smallest absolute Gasteiger partial charge is 0.337 e. The molecule has 204 valence electrons. The van der Waals surface area contributed by atoms with Crippen molar-refractivity contribution in [1.82, 2.24) is 14.6 Å². The van der Waals surface area contributed by atoms with Crippen LogP contribution in [0.3, 0.4) is 0 Å². The third-order valence-electron chi connectivity index (χ3n) is 7.44. The quantitative estimate of drug-likeness (QED) is 0.293. The van der Waals surface area contributed by atoms with Crippen LogP contribution in [0.15, 0.2) is 60.7 Å². The van der Waals surface area contributed by atoms with Gasteiger partial charge in [0, 0.05) is 30.4 Å². The largest absolute Gasteiger partial charge is 0.479 e. The van der Waals surface area contributed by atoms with Gasteiger partial charge >= 0.3 is 5.97 Å². The predicted molar refractivity (Wildman–Crippen MR) is 155 cm³/mol. The van der Waals surface area contributed by atoms with Crippen molar-refractivity contribution in [2.45, 2.75) is 66.1 Å². The van der Waals surface area contributed by atoms with Gasteiger partial charge in [0.25, 0.3) is 0 Å². The van der Waals surface area contributed by atoms with Crippen molar-refractivity contribution >= 4 is 17.4 Å².